The predicted octanol–water partition coefficient (Wildman–Crippen LogP) is 13.6. The first-order valence-electron chi connectivity index (χ1n) is 22.8. The minimum absolute atomic E-state index is 0.0354. The zero-order chi connectivity index (χ0) is 38.2. The molecule has 312 valence electrons. The Hall–Kier alpha value is -0.460. The van der Waals surface area contributed by atoms with Crippen LogP contribution in [-0.4, -0.2) is 67.7 Å². The van der Waals surface area contributed by atoms with Gasteiger partial charge in [-0.1, -0.05) is 162 Å². The van der Waals surface area contributed by atoms with E-state index in [4.69, 9.17) is 13.8 Å². The molecule has 52 heavy (non-hydrogen) atoms. The third kappa shape index (κ3) is 36.5. The van der Waals surface area contributed by atoms with Crippen LogP contribution in [-0.2, 0) is 23.1 Å². The third-order valence-electron chi connectivity index (χ3n) is 10.3. The van der Waals surface area contributed by atoms with E-state index in [0.29, 0.717) is 25.8 Å². The van der Waals surface area contributed by atoms with Gasteiger partial charge in [0.25, 0.3) is 0 Å². The maximum atomic E-state index is 13.5. The van der Waals surface area contributed by atoms with Gasteiger partial charge in [-0.3, -0.25) is 9.36 Å². The Kier molecular flexibility index (Phi) is 39.9. The standard InChI is InChI=1S/C44H90NO6P/c1-5-8-11-14-17-26-33-42-52(48,49-40-31-24-16-13-10-7-3)50-41-32-25-19-23-30-37-45(38-39-46)36-29-22-18-21-28-35-44(47)51-43(4)34-27-20-15-12-9-6-2/h43,46H,5-42H2,1-4H3. The number of hydrogen-bond donors (Lipinski definition) is 1. The number of carbonyl (C=O) groups is 1. The van der Waals surface area contributed by atoms with Crippen LogP contribution >= 0.6 is 7.60 Å². The van der Waals surface area contributed by atoms with Crippen molar-refractivity contribution in [2.24, 2.45) is 0 Å². The summed E-state index contributed by atoms with van der Waals surface area (Å²) in [5.41, 5.74) is 0. The van der Waals surface area contributed by atoms with Crippen LogP contribution in [0.1, 0.15) is 227 Å². The number of unbranched alkanes of at least 4 members (excludes halogenated alkanes) is 24. The van der Waals surface area contributed by atoms with Crippen molar-refractivity contribution >= 4 is 13.6 Å². The van der Waals surface area contributed by atoms with E-state index < -0.39 is 7.60 Å². The van der Waals surface area contributed by atoms with Gasteiger partial charge in [-0.05, 0) is 71.4 Å². The quantitative estimate of drug-likeness (QED) is 0.0376. The van der Waals surface area contributed by atoms with Gasteiger partial charge in [0.2, 0.25) is 0 Å². The highest BCUT2D eigenvalue weighted by atomic mass is 31.2. The van der Waals surface area contributed by atoms with Crippen LogP contribution in [0.25, 0.3) is 0 Å². The maximum absolute atomic E-state index is 13.5. The van der Waals surface area contributed by atoms with Crippen LogP contribution in [0, 0.1) is 0 Å². The summed E-state index contributed by atoms with van der Waals surface area (Å²) in [4.78, 5) is 14.6. The molecule has 0 spiro atoms. The van der Waals surface area contributed by atoms with Crippen molar-refractivity contribution in [3.8, 4) is 0 Å². The number of aliphatic hydroxyl groups excluding tert-OH is 1. The van der Waals surface area contributed by atoms with Crippen molar-refractivity contribution in [3.63, 3.8) is 0 Å². The Balaban J connectivity index is 4.07. The first kappa shape index (κ1) is 51.5. The Labute approximate surface area is 324 Å². The van der Waals surface area contributed by atoms with Crippen LogP contribution < -0.4 is 0 Å². The number of aliphatic hydroxyl groups is 1. The topological polar surface area (TPSA) is 85.3 Å². The summed E-state index contributed by atoms with van der Waals surface area (Å²) in [6.07, 6.45) is 36.2. The number of hydrogen-bond acceptors (Lipinski definition) is 7. The fraction of sp³-hybridized carbons (Fsp3) is 0.977. The Bertz CT molecular complexity index is 762. The number of ether oxygens (including phenoxy) is 1. The molecule has 0 bridgehead atoms. The van der Waals surface area contributed by atoms with E-state index in [0.717, 1.165) is 116 Å². The fourth-order valence-electron chi connectivity index (χ4n) is 6.85. The average Bonchev–Trinajstić information content (AvgIpc) is 3.13. The van der Waals surface area contributed by atoms with Gasteiger partial charge < -0.3 is 23.8 Å². The lowest BCUT2D eigenvalue weighted by Gasteiger charge is -2.21. The monoisotopic (exact) mass is 760 g/mol. The molecule has 8 heteroatoms. The summed E-state index contributed by atoms with van der Waals surface area (Å²) in [5.74, 6) is -0.0354. The van der Waals surface area contributed by atoms with E-state index >= 15 is 0 Å². The fourth-order valence-corrected chi connectivity index (χ4v) is 8.61. The molecule has 1 N–H and O–H groups in total. The molecule has 0 saturated carbocycles. The molecule has 0 radical (unpaired) electrons. The van der Waals surface area contributed by atoms with E-state index in [-0.39, 0.29) is 18.7 Å². The molecule has 0 aromatic carbocycles. The SMILES string of the molecule is CCCCCCCCCP(=O)(OCCCCCCCC)OCCCCCCCN(CCO)CCCCCCCC(=O)OC(C)CCCCCCCC. The number of nitrogens with zero attached hydrogens (tertiary/aromatic N) is 1. The van der Waals surface area contributed by atoms with Gasteiger partial charge in [-0.2, -0.15) is 0 Å². The largest absolute Gasteiger partial charge is 0.463 e. The predicted molar refractivity (Wildman–Crippen MR) is 224 cm³/mol. The molecular formula is C44H90NO6P. The summed E-state index contributed by atoms with van der Waals surface area (Å²) in [6, 6.07) is 0. The lowest BCUT2D eigenvalue weighted by atomic mass is 10.1. The molecule has 2 atom stereocenters. The van der Waals surface area contributed by atoms with Crippen molar-refractivity contribution in [1.29, 1.82) is 0 Å². The summed E-state index contributed by atoms with van der Waals surface area (Å²) in [7, 11) is -3.01. The van der Waals surface area contributed by atoms with Gasteiger partial charge in [0, 0.05) is 13.0 Å². The zero-order valence-electron chi connectivity index (χ0n) is 35.3. The van der Waals surface area contributed by atoms with Crippen molar-refractivity contribution in [1.82, 2.24) is 4.90 Å². The lowest BCUT2D eigenvalue weighted by molar-refractivity contribution is -0.148. The average molecular weight is 760 g/mol. The van der Waals surface area contributed by atoms with Gasteiger partial charge in [0.15, 0.2) is 0 Å². The Morgan fingerprint density at radius 1 is 0.538 bits per heavy atom. The van der Waals surface area contributed by atoms with Crippen molar-refractivity contribution in [3.05, 3.63) is 0 Å². The summed E-state index contributed by atoms with van der Waals surface area (Å²) >= 11 is 0. The molecule has 2 unspecified atom stereocenters. The lowest BCUT2D eigenvalue weighted by Crippen LogP contribution is -2.29. The van der Waals surface area contributed by atoms with E-state index in [1.165, 1.54) is 96.3 Å². The van der Waals surface area contributed by atoms with E-state index in [9.17, 15) is 14.5 Å². The van der Waals surface area contributed by atoms with Gasteiger partial charge in [-0.15, -0.1) is 0 Å². The van der Waals surface area contributed by atoms with Gasteiger partial charge in [0.05, 0.1) is 32.1 Å². The van der Waals surface area contributed by atoms with Crippen LogP contribution in [0.3, 0.4) is 0 Å². The second-order valence-corrected chi connectivity index (χ2v) is 17.8. The molecule has 0 rings (SSSR count). The Morgan fingerprint density at radius 2 is 0.942 bits per heavy atom. The van der Waals surface area contributed by atoms with Crippen LogP contribution in [0.4, 0.5) is 0 Å². The van der Waals surface area contributed by atoms with Crippen LogP contribution in [0.15, 0.2) is 0 Å². The molecule has 0 aliphatic carbocycles. The molecule has 0 aliphatic heterocycles. The third-order valence-corrected chi connectivity index (χ3v) is 12.3. The zero-order valence-corrected chi connectivity index (χ0v) is 36.2. The Morgan fingerprint density at radius 3 is 1.42 bits per heavy atom. The van der Waals surface area contributed by atoms with E-state index in [1.54, 1.807) is 0 Å². The smallest absolute Gasteiger partial charge is 0.330 e. The van der Waals surface area contributed by atoms with Crippen LogP contribution in [0.2, 0.25) is 0 Å². The highest BCUT2D eigenvalue weighted by Gasteiger charge is 2.23. The van der Waals surface area contributed by atoms with Crippen molar-refractivity contribution < 1.29 is 28.3 Å². The molecule has 0 aromatic heterocycles. The van der Waals surface area contributed by atoms with E-state index in [1.807, 2.05) is 6.92 Å². The molecule has 0 fully saturated rings. The molecule has 0 aromatic rings. The number of rotatable bonds is 43. The first-order valence-corrected chi connectivity index (χ1v) is 24.5. The second-order valence-electron chi connectivity index (χ2n) is 15.6. The summed E-state index contributed by atoms with van der Waals surface area (Å²) in [6.45, 7) is 12.8. The maximum Gasteiger partial charge on any atom is 0.330 e. The minimum atomic E-state index is -3.01. The summed E-state index contributed by atoms with van der Waals surface area (Å²) < 4.78 is 31.1. The van der Waals surface area contributed by atoms with E-state index in [2.05, 4.69) is 25.7 Å². The molecule has 0 amide bonds. The first-order chi connectivity index (χ1) is 25.4. The van der Waals surface area contributed by atoms with Gasteiger partial charge >= 0.3 is 13.6 Å². The molecular weight excluding hydrogens is 669 g/mol. The van der Waals surface area contributed by atoms with Gasteiger partial charge in [0.1, 0.15) is 0 Å². The van der Waals surface area contributed by atoms with Crippen molar-refractivity contribution in [2.45, 2.75) is 233 Å². The number of carbonyl (C=O) groups excluding carboxylic acids is 1. The van der Waals surface area contributed by atoms with Gasteiger partial charge in [-0.25, -0.2) is 0 Å². The van der Waals surface area contributed by atoms with Crippen molar-refractivity contribution in [2.75, 3.05) is 45.6 Å². The van der Waals surface area contributed by atoms with Crippen LogP contribution in [0.5, 0.6) is 0 Å². The normalized spacial score (nSPS) is 13.5. The number of esters is 1. The minimum Gasteiger partial charge on any atom is -0.463 e. The highest BCUT2D eigenvalue weighted by Crippen LogP contribution is 2.49. The molecule has 0 aliphatic rings. The summed E-state index contributed by atoms with van der Waals surface area (Å²) in [5, 5.41) is 9.57. The molecule has 7 nitrogen and oxygen atoms in total. The molecule has 0 heterocycles. The highest BCUT2D eigenvalue weighted by molar-refractivity contribution is 7.53. The molecule has 0 saturated heterocycles. The second kappa shape index (κ2) is 40.2.